The molecule has 1 aromatic carbocycles. The number of ether oxygens (including phenoxy) is 1. The van der Waals surface area contributed by atoms with Crippen molar-refractivity contribution in [3.05, 3.63) is 33.8 Å². The summed E-state index contributed by atoms with van der Waals surface area (Å²) >= 11 is 11.9. The van der Waals surface area contributed by atoms with Crippen molar-refractivity contribution in [1.82, 2.24) is 10.2 Å². The third-order valence-electron chi connectivity index (χ3n) is 3.19. The normalized spacial score (nSPS) is 14.2. The Kier molecular flexibility index (Phi) is 5.70. The van der Waals surface area contributed by atoms with E-state index < -0.39 is 0 Å². The zero-order valence-electron chi connectivity index (χ0n) is 11.4. The van der Waals surface area contributed by atoms with Crippen molar-refractivity contribution in [2.75, 3.05) is 26.2 Å². The molecule has 1 heterocycles. The van der Waals surface area contributed by atoms with Gasteiger partial charge in [-0.05, 0) is 24.1 Å². The number of nitrogens with zero attached hydrogens (tertiary/aromatic N) is 1. The van der Waals surface area contributed by atoms with Crippen LogP contribution >= 0.6 is 23.2 Å². The van der Waals surface area contributed by atoms with Crippen LogP contribution in [0.4, 0.5) is 4.79 Å². The van der Waals surface area contributed by atoms with Gasteiger partial charge in [-0.15, -0.1) is 0 Å². The summed E-state index contributed by atoms with van der Waals surface area (Å²) in [5.74, 6) is -0.0974. The number of halogens is 2. The fourth-order valence-electron chi connectivity index (χ4n) is 2.01. The minimum atomic E-state index is -0.351. The second-order valence-electron chi connectivity index (χ2n) is 4.69. The summed E-state index contributed by atoms with van der Waals surface area (Å²) in [6.07, 6.45) is 0.549. The molecule has 114 valence electrons. The molecule has 21 heavy (non-hydrogen) atoms. The Morgan fingerprint density at radius 1 is 1.38 bits per heavy atom. The summed E-state index contributed by atoms with van der Waals surface area (Å²) in [6.45, 7) is 1.82. The molecule has 7 heteroatoms. The van der Waals surface area contributed by atoms with Crippen molar-refractivity contribution in [1.29, 1.82) is 0 Å². The van der Waals surface area contributed by atoms with E-state index in [4.69, 9.17) is 27.9 Å². The minimum Gasteiger partial charge on any atom is -0.448 e. The molecule has 1 aliphatic rings. The van der Waals surface area contributed by atoms with Gasteiger partial charge in [0.15, 0.2) is 0 Å². The molecule has 0 unspecified atom stereocenters. The van der Waals surface area contributed by atoms with Crippen LogP contribution in [0.25, 0.3) is 0 Å². The fraction of sp³-hybridized carbons (Fsp3) is 0.429. The zero-order valence-corrected chi connectivity index (χ0v) is 12.9. The summed E-state index contributed by atoms with van der Waals surface area (Å²) in [5, 5.41) is 3.98. The highest BCUT2D eigenvalue weighted by Gasteiger charge is 2.21. The third kappa shape index (κ3) is 4.79. The maximum absolute atomic E-state index is 11.7. The van der Waals surface area contributed by atoms with Crippen molar-refractivity contribution in [2.24, 2.45) is 0 Å². The summed E-state index contributed by atoms with van der Waals surface area (Å²) in [5.41, 5.74) is 0.935. The molecule has 0 aromatic heterocycles. The van der Waals surface area contributed by atoms with E-state index in [1.165, 1.54) is 4.90 Å². The summed E-state index contributed by atoms with van der Waals surface area (Å²) < 4.78 is 4.79. The Bertz CT molecular complexity index is 537. The van der Waals surface area contributed by atoms with Gasteiger partial charge in [-0.2, -0.15) is 0 Å². The van der Waals surface area contributed by atoms with E-state index in [-0.39, 0.29) is 18.4 Å². The number of hydrogen-bond donors (Lipinski definition) is 1. The number of hydrogen-bond acceptors (Lipinski definition) is 3. The number of carbonyl (C=O) groups is 2. The Labute approximate surface area is 133 Å². The first-order valence-corrected chi connectivity index (χ1v) is 7.44. The Hall–Kier alpha value is -1.46. The Morgan fingerprint density at radius 3 is 2.86 bits per heavy atom. The highest BCUT2D eigenvalue weighted by molar-refractivity contribution is 6.35. The fourth-order valence-corrected chi connectivity index (χ4v) is 2.52. The molecule has 2 rings (SSSR count). The van der Waals surface area contributed by atoms with Crippen LogP contribution in [-0.2, 0) is 16.0 Å². The quantitative estimate of drug-likeness (QED) is 0.871. The highest BCUT2D eigenvalue weighted by Crippen LogP contribution is 2.21. The molecule has 0 aliphatic carbocycles. The average molecular weight is 331 g/mol. The molecular weight excluding hydrogens is 315 g/mol. The van der Waals surface area contributed by atoms with E-state index >= 15 is 0 Å². The maximum atomic E-state index is 11.7. The van der Waals surface area contributed by atoms with Gasteiger partial charge >= 0.3 is 6.09 Å². The first-order chi connectivity index (χ1) is 10.1. The van der Waals surface area contributed by atoms with Crippen LogP contribution in [0.2, 0.25) is 10.0 Å². The average Bonchev–Trinajstić information content (AvgIpc) is 2.84. The molecule has 0 radical (unpaired) electrons. The molecular formula is C14H16Cl2N2O3. The monoisotopic (exact) mass is 330 g/mol. The lowest BCUT2D eigenvalue weighted by molar-refractivity contribution is -0.121. The van der Waals surface area contributed by atoms with Crippen LogP contribution in [0.5, 0.6) is 0 Å². The largest absolute Gasteiger partial charge is 0.448 e. The van der Waals surface area contributed by atoms with Crippen molar-refractivity contribution < 1.29 is 14.3 Å². The van der Waals surface area contributed by atoms with Gasteiger partial charge in [0.05, 0.1) is 6.54 Å². The Morgan fingerprint density at radius 2 is 2.19 bits per heavy atom. The standard InChI is InChI=1S/C14H16Cl2N2O3/c15-11-2-1-10(12(16)9-11)3-5-17-13(19)4-6-18-7-8-21-14(18)20/h1-2,9H,3-8H2,(H,17,19). The van der Waals surface area contributed by atoms with Crippen LogP contribution < -0.4 is 5.32 Å². The maximum Gasteiger partial charge on any atom is 0.409 e. The molecule has 1 N–H and O–H groups in total. The summed E-state index contributed by atoms with van der Waals surface area (Å²) in [6, 6.07) is 5.29. The lowest BCUT2D eigenvalue weighted by Gasteiger charge is -2.12. The smallest absolute Gasteiger partial charge is 0.409 e. The number of cyclic esters (lactones) is 1. The van der Waals surface area contributed by atoms with Crippen LogP contribution in [0, 0.1) is 0 Å². The second-order valence-corrected chi connectivity index (χ2v) is 5.53. The lowest BCUT2D eigenvalue weighted by atomic mass is 10.1. The predicted molar refractivity (Wildman–Crippen MR) is 80.7 cm³/mol. The van der Waals surface area contributed by atoms with Crippen molar-refractivity contribution in [3.8, 4) is 0 Å². The molecule has 0 spiro atoms. The molecule has 0 atom stereocenters. The van der Waals surface area contributed by atoms with Gasteiger partial charge in [0.1, 0.15) is 6.61 Å². The van der Waals surface area contributed by atoms with Gasteiger partial charge in [-0.3, -0.25) is 4.79 Å². The van der Waals surface area contributed by atoms with Gasteiger partial charge in [-0.1, -0.05) is 29.3 Å². The van der Waals surface area contributed by atoms with E-state index in [9.17, 15) is 9.59 Å². The lowest BCUT2D eigenvalue weighted by Crippen LogP contribution is -2.32. The Balaban J connectivity index is 1.68. The SMILES string of the molecule is O=C(CCN1CCOC1=O)NCCc1ccc(Cl)cc1Cl. The number of benzene rings is 1. The van der Waals surface area contributed by atoms with E-state index in [1.54, 1.807) is 12.1 Å². The summed E-state index contributed by atoms with van der Waals surface area (Å²) in [7, 11) is 0. The molecule has 0 saturated carbocycles. The van der Waals surface area contributed by atoms with Gasteiger partial charge in [0.25, 0.3) is 0 Å². The van der Waals surface area contributed by atoms with Crippen LogP contribution in [0.15, 0.2) is 18.2 Å². The molecule has 1 saturated heterocycles. The molecule has 0 bridgehead atoms. The topological polar surface area (TPSA) is 58.6 Å². The number of nitrogens with one attached hydrogen (secondary N) is 1. The molecule has 1 aromatic rings. The number of amides is 2. The van der Waals surface area contributed by atoms with E-state index in [2.05, 4.69) is 5.32 Å². The van der Waals surface area contributed by atoms with E-state index in [1.807, 2.05) is 6.07 Å². The molecule has 1 fully saturated rings. The zero-order chi connectivity index (χ0) is 15.2. The van der Waals surface area contributed by atoms with Crippen molar-refractivity contribution in [3.63, 3.8) is 0 Å². The molecule has 5 nitrogen and oxygen atoms in total. The van der Waals surface area contributed by atoms with Crippen molar-refractivity contribution in [2.45, 2.75) is 12.8 Å². The molecule has 2 amide bonds. The summed E-state index contributed by atoms with van der Waals surface area (Å²) in [4.78, 5) is 24.4. The number of rotatable bonds is 6. The van der Waals surface area contributed by atoms with Crippen LogP contribution in [-0.4, -0.2) is 43.1 Å². The third-order valence-corrected chi connectivity index (χ3v) is 3.77. The van der Waals surface area contributed by atoms with Gasteiger partial charge in [0, 0.05) is 29.6 Å². The van der Waals surface area contributed by atoms with Gasteiger partial charge < -0.3 is 15.0 Å². The van der Waals surface area contributed by atoms with Gasteiger partial charge in [-0.25, -0.2) is 4.79 Å². The van der Waals surface area contributed by atoms with E-state index in [0.717, 1.165) is 5.56 Å². The second kappa shape index (κ2) is 7.52. The van der Waals surface area contributed by atoms with Crippen molar-refractivity contribution >= 4 is 35.2 Å². The van der Waals surface area contributed by atoms with Gasteiger partial charge in [0.2, 0.25) is 5.91 Å². The van der Waals surface area contributed by atoms with Crippen LogP contribution in [0.3, 0.4) is 0 Å². The molecule has 1 aliphatic heterocycles. The highest BCUT2D eigenvalue weighted by atomic mass is 35.5. The van der Waals surface area contributed by atoms with E-state index in [0.29, 0.717) is 42.7 Å². The number of carbonyl (C=O) groups excluding carboxylic acids is 2. The predicted octanol–water partition coefficient (Wildman–Crippen LogP) is 2.49. The van der Waals surface area contributed by atoms with Crippen LogP contribution in [0.1, 0.15) is 12.0 Å². The first kappa shape index (κ1) is 15.9. The minimum absolute atomic E-state index is 0.0974. The first-order valence-electron chi connectivity index (χ1n) is 6.68.